The molecule has 2 fully saturated rings. The van der Waals surface area contributed by atoms with Crippen LogP contribution in [0.2, 0.25) is 5.02 Å². The van der Waals surface area contributed by atoms with Gasteiger partial charge in [-0.2, -0.15) is 0 Å². The summed E-state index contributed by atoms with van der Waals surface area (Å²) in [5.41, 5.74) is 2.75. The van der Waals surface area contributed by atoms with Gasteiger partial charge in [0.05, 0.1) is 0 Å². The lowest BCUT2D eigenvalue weighted by molar-refractivity contribution is 0.222. The van der Waals surface area contributed by atoms with Crippen molar-refractivity contribution in [3.05, 3.63) is 58.9 Å². The summed E-state index contributed by atoms with van der Waals surface area (Å²) in [7, 11) is 0. The number of hydrogen-bond donors (Lipinski definition) is 0. The van der Waals surface area contributed by atoms with E-state index in [9.17, 15) is 4.39 Å². The van der Waals surface area contributed by atoms with Crippen molar-refractivity contribution < 1.29 is 4.39 Å². The Morgan fingerprint density at radius 3 is 1.88 bits per heavy atom. The van der Waals surface area contributed by atoms with Gasteiger partial charge in [0.1, 0.15) is 5.82 Å². The predicted octanol–water partition coefficient (Wildman–Crippen LogP) is 10.6. The molecule has 0 aromatic heterocycles. The van der Waals surface area contributed by atoms with Gasteiger partial charge < -0.3 is 0 Å². The standard InChI is InChI=1S/C31H42ClF/c1-2-3-4-5-23-6-8-24(9-7-23)10-11-25-12-14-26(15-13-25)28-18-21-30(31(33)22-28)27-16-19-29(32)20-17-27/h16-26H,2-15H2,1H3/t23-,24-,25?,26?. The maximum atomic E-state index is 14.9. The van der Waals surface area contributed by atoms with E-state index in [1.54, 1.807) is 6.07 Å². The van der Waals surface area contributed by atoms with Gasteiger partial charge in [-0.1, -0.05) is 107 Å². The molecule has 0 amide bonds. The minimum Gasteiger partial charge on any atom is -0.206 e. The lowest BCUT2D eigenvalue weighted by Crippen LogP contribution is -2.18. The second-order valence-electron chi connectivity index (χ2n) is 10.9. The van der Waals surface area contributed by atoms with Gasteiger partial charge in [-0.25, -0.2) is 4.39 Å². The summed E-state index contributed by atoms with van der Waals surface area (Å²) in [6.45, 7) is 2.31. The third kappa shape index (κ3) is 7.08. The molecular formula is C31H42ClF. The first kappa shape index (κ1) is 24.8. The highest BCUT2D eigenvalue weighted by Crippen LogP contribution is 2.41. The fourth-order valence-electron chi connectivity index (χ4n) is 6.40. The van der Waals surface area contributed by atoms with Crippen LogP contribution in [-0.4, -0.2) is 0 Å². The van der Waals surface area contributed by atoms with Gasteiger partial charge >= 0.3 is 0 Å². The summed E-state index contributed by atoms with van der Waals surface area (Å²) in [6, 6.07) is 13.3. The van der Waals surface area contributed by atoms with Crippen LogP contribution >= 0.6 is 11.6 Å². The Balaban J connectivity index is 1.19. The molecule has 2 aliphatic carbocycles. The third-order valence-electron chi connectivity index (χ3n) is 8.63. The maximum absolute atomic E-state index is 14.9. The number of rotatable bonds is 9. The van der Waals surface area contributed by atoms with E-state index in [0.717, 1.165) is 23.3 Å². The number of unbranched alkanes of at least 4 members (excludes halogenated alkanes) is 2. The number of benzene rings is 2. The molecule has 33 heavy (non-hydrogen) atoms. The van der Waals surface area contributed by atoms with Crippen molar-refractivity contribution >= 4 is 11.6 Å². The van der Waals surface area contributed by atoms with Crippen LogP contribution in [0.25, 0.3) is 11.1 Å². The van der Waals surface area contributed by atoms with E-state index in [1.165, 1.54) is 95.5 Å². The zero-order chi connectivity index (χ0) is 23.0. The average Bonchev–Trinajstić information content (AvgIpc) is 2.85. The van der Waals surface area contributed by atoms with Gasteiger partial charge in [0.25, 0.3) is 0 Å². The van der Waals surface area contributed by atoms with E-state index in [2.05, 4.69) is 13.0 Å². The molecule has 0 atom stereocenters. The van der Waals surface area contributed by atoms with Crippen molar-refractivity contribution in [2.45, 2.75) is 103 Å². The van der Waals surface area contributed by atoms with Gasteiger partial charge in [-0.3, -0.25) is 0 Å². The molecule has 0 saturated heterocycles. The summed E-state index contributed by atoms with van der Waals surface area (Å²) < 4.78 is 14.9. The Morgan fingerprint density at radius 1 is 0.727 bits per heavy atom. The topological polar surface area (TPSA) is 0 Å². The molecule has 180 valence electrons. The van der Waals surface area contributed by atoms with Crippen LogP contribution < -0.4 is 0 Å². The SMILES string of the molecule is CCCCC[C@H]1CC[C@H](CCC2CCC(c3ccc(-c4ccc(Cl)cc4)c(F)c3)CC2)CC1. The van der Waals surface area contributed by atoms with E-state index in [0.29, 0.717) is 16.5 Å². The van der Waals surface area contributed by atoms with Gasteiger partial charge in [0.15, 0.2) is 0 Å². The second-order valence-corrected chi connectivity index (χ2v) is 11.4. The van der Waals surface area contributed by atoms with Gasteiger partial charge in [-0.15, -0.1) is 0 Å². The monoisotopic (exact) mass is 468 g/mol. The summed E-state index contributed by atoms with van der Waals surface area (Å²) in [4.78, 5) is 0. The molecule has 0 spiro atoms. The van der Waals surface area contributed by atoms with Crippen molar-refractivity contribution in [3.8, 4) is 11.1 Å². The van der Waals surface area contributed by atoms with E-state index in [-0.39, 0.29) is 5.82 Å². The molecule has 0 bridgehead atoms. The van der Waals surface area contributed by atoms with Crippen LogP contribution in [0.3, 0.4) is 0 Å². The highest BCUT2D eigenvalue weighted by molar-refractivity contribution is 6.30. The zero-order valence-electron chi connectivity index (χ0n) is 20.5. The van der Waals surface area contributed by atoms with Crippen LogP contribution in [0.4, 0.5) is 4.39 Å². The predicted molar refractivity (Wildman–Crippen MR) is 140 cm³/mol. The first-order valence-corrected chi connectivity index (χ1v) is 14.1. The highest BCUT2D eigenvalue weighted by Gasteiger charge is 2.25. The summed E-state index contributed by atoms with van der Waals surface area (Å²) in [6.07, 6.45) is 19.5. The van der Waals surface area contributed by atoms with Crippen LogP contribution in [0.5, 0.6) is 0 Å². The minimum absolute atomic E-state index is 0.109. The first-order chi connectivity index (χ1) is 16.1. The molecule has 0 heterocycles. The van der Waals surface area contributed by atoms with Crippen LogP contribution in [-0.2, 0) is 0 Å². The van der Waals surface area contributed by atoms with Crippen molar-refractivity contribution in [1.29, 1.82) is 0 Å². The molecule has 2 aromatic carbocycles. The largest absolute Gasteiger partial charge is 0.206 e. The first-order valence-electron chi connectivity index (χ1n) is 13.7. The Morgan fingerprint density at radius 2 is 1.30 bits per heavy atom. The molecule has 2 aliphatic rings. The average molecular weight is 469 g/mol. The molecule has 2 saturated carbocycles. The van der Waals surface area contributed by atoms with Crippen molar-refractivity contribution in [3.63, 3.8) is 0 Å². The molecule has 4 rings (SSSR count). The molecule has 2 heteroatoms. The van der Waals surface area contributed by atoms with Gasteiger partial charge in [-0.05, 0) is 78.7 Å². The molecule has 0 unspecified atom stereocenters. The molecule has 2 aromatic rings. The van der Waals surface area contributed by atoms with Crippen LogP contribution in [0.15, 0.2) is 42.5 Å². The molecular weight excluding hydrogens is 427 g/mol. The molecule has 0 radical (unpaired) electrons. The lowest BCUT2D eigenvalue weighted by Gasteiger charge is -2.32. The van der Waals surface area contributed by atoms with E-state index < -0.39 is 0 Å². The second kappa shape index (κ2) is 12.4. The summed E-state index contributed by atoms with van der Waals surface area (Å²) in [5, 5.41) is 0.683. The Kier molecular flexibility index (Phi) is 9.30. The molecule has 0 N–H and O–H groups in total. The van der Waals surface area contributed by atoms with Gasteiger partial charge in [0.2, 0.25) is 0 Å². The van der Waals surface area contributed by atoms with Gasteiger partial charge in [0, 0.05) is 10.6 Å². The fourth-order valence-corrected chi connectivity index (χ4v) is 6.52. The van der Waals surface area contributed by atoms with Crippen molar-refractivity contribution in [2.24, 2.45) is 17.8 Å². The molecule has 0 nitrogen and oxygen atoms in total. The highest BCUT2D eigenvalue weighted by atomic mass is 35.5. The zero-order valence-corrected chi connectivity index (χ0v) is 21.3. The lowest BCUT2D eigenvalue weighted by atomic mass is 9.74. The maximum Gasteiger partial charge on any atom is 0.131 e. The van der Waals surface area contributed by atoms with Crippen LogP contribution in [0.1, 0.15) is 108 Å². The minimum atomic E-state index is -0.109. The summed E-state index contributed by atoms with van der Waals surface area (Å²) in [5.74, 6) is 3.31. The third-order valence-corrected chi connectivity index (χ3v) is 8.88. The van der Waals surface area contributed by atoms with E-state index in [4.69, 9.17) is 11.6 Å². The number of halogens is 2. The van der Waals surface area contributed by atoms with Crippen molar-refractivity contribution in [1.82, 2.24) is 0 Å². The normalized spacial score (nSPS) is 25.8. The van der Waals surface area contributed by atoms with Crippen molar-refractivity contribution in [2.75, 3.05) is 0 Å². The Labute approximate surface area is 206 Å². The quantitative estimate of drug-likeness (QED) is 0.321. The Bertz CT molecular complexity index is 842. The smallest absolute Gasteiger partial charge is 0.131 e. The molecule has 0 aliphatic heterocycles. The Hall–Kier alpha value is -1.34. The van der Waals surface area contributed by atoms with E-state index in [1.807, 2.05) is 30.3 Å². The van der Waals surface area contributed by atoms with Crippen LogP contribution in [0, 0.1) is 23.6 Å². The fraction of sp³-hybridized carbons (Fsp3) is 0.613. The number of hydrogen-bond acceptors (Lipinski definition) is 0. The summed E-state index contributed by atoms with van der Waals surface area (Å²) >= 11 is 5.98. The van der Waals surface area contributed by atoms with E-state index >= 15 is 0 Å².